The maximum atomic E-state index is 9.87. The highest BCUT2D eigenvalue weighted by atomic mass is 16.3. The van der Waals surface area contributed by atoms with E-state index >= 15 is 0 Å². The second-order valence-electron chi connectivity index (χ2n) is 7.50. The smallest absolute Gasteiger partial charge is 0.116 e. The molecule has 0 aliphatic carbocycles. The predicted molar refractivity (Wildman–Crippen MR) is 103 cm³/mol. The molecule has 0 aliphatic rings. The van der Waals surface area contributed by atoms with Gasteiger partial charge in [0.2, 0.25) is 0 Å². The summed E-state index contributed by atoms with van der Waals surface area (Å²) in [6.45, 7) is 6.73. The monoisotopic (exact) mass is 335 g/mol. The fraction of sp³-hybridized carbons (Fsp3) is 0.318. The molecule has 0 fully saturated rings. The number of aliphatic hydroxyl groups is 1. The van der Waals surface area contributed by atoms with Crippen molar-refractivity contribution >= 4 is 10.9 Å². The molecule has 130 valence electrons. The van der Waals surface area contributed by atoms with E-state index in [2.05, 4.69) is 45.0 Å². The second kappa shape index (κ2) is 6.85. The van der Waals surface area contributed by atoms with Gasteiger partial charge >= 0.3 is 0 Å². The van der Waals surface area contributed by atoms with Crippen LogP contribution in [0.15, 0.2) is 48.5 Å². The van der Waals surface area contributed by atoms with Crippen LogP contribution >= 0.6 is 0 Å². The third-order valence-electron chi connectivity index (χ3n) is 4.46. The van der Waals surface area contributed by atoms with Crippen molar-refractivity contribution in [3.05, 3.63) is 59.7 Å². The van der Waals surface area contributed by atoms with E-state index in [1.807, 2.05) is 12.1 Å². The van der Waals surface area contributed by atoms with Gasteiger partial charge in [-0.05, 0) is 47.6 Å². The number of aromatic hydroxyl groups is 1. The molecular formula is C22H25NO2. The van der Waals surface area contributed by atoms with E-state index in [1.54, 1.807) is 12.1 Å². The molecule has 25 heavy (non-hydrogen) atoms. The number of benzene rings is 2. The maximum absolute atomic E-state index is 9.87. The van der Waals surface area contributed by atoms with Gasteiger partial charge in [0.15, 0.2) is 0 Å². The molecule has 0 amide bonds. The van der Waals surface area contributed by atoms with Gasteiger partial charge in [-0.15, -0.1) is 0 Å². The van der Waals surface area contributed by atoms with Gasteiger partial charge in [-0.1, -0.05) is 51.1 Å². The van der Waals surface area contributed by atoms with Gasteiger partial charge in [-0.2, -0.15) is 0 Å². The topological polar surface area (TPSA) is 53.4 Å². The van der Waals surface area contributed by atoms with Gasteiger partial charge in [-0.25, -0.2) is 4.98 Å². The Morgan fingerprint density at radius 2 is 1.76 bits per heavy atom. The zero-order valence-corrected chi connectivity index (χ0v) is 15.1. The highest BCUT2D eigenvalue weighted by molar-refractivity contribution is 5.87. The normalized spacial score (nSPS) is 11.8. The molecule has 0 spiro atoms. The minimum Gasteiger partial charge on any atom is -0.508 e. The van der Waals surface area contributed by atoms with E-state index in [4.69, 9.17) is 4.98 Å². The number of aromatic nitrogens is 1. The van der Waals surface area contributed by atoms with Crippen molar-refractivity contribution in [2.45, 2.75) is 39.0 Å². The van der Waals surface area contributed by atoms with Gasteiger partial charge < -0.3 is 10.2 Å². The molecule has 0 saturated carbocycles. The summed E-state index contributed by atoms with van der Waals surface area (Å²) in [6.07, 6.45) is 1.45. The molecule has 0 atom stereocenters. The van der Waals surface area contributed by atoms with Crippen molar-refractivity contribution in [3.63, 3.8) is 0 Å². The number of aryl methyl sites for hydroxylation is 1. The highest BCUT2D eigenvalue weighted by Gasteiger charge is 2.19. The number of rotatable bonds is 4. The Balaban J connectivity index is 2.28. The van der Waals surface area contributed by atoms with Crippen molar-refractivity contribution in [2.24, 2.45) is 0 Å². The summed E-state index contributed by atoms with van der Waals surface area (Å²) in [4.78, 5) is 5.01. The average molecular weight is 335 g/mol. The summed E-state index contributed by atoms with van der Waals surface area (Å²) in [6, 6.07) is 15.7. The van der Waals surface area contributed by atoms with Crippen molar-refractivity contribution in [1.29, 1.82) is 0 Å². The lowest BCUT2D eigenvalue weighted by Gasteiger charge is -2.22. The van der Waals surface area contributed by atoms with Crippen molar-refractivity contribution in [2.75, 3.05) is 6.61 Å². The number of phenols is 1. The first-order chi connectivity index (χ1) is 11.9. The largest absolute Gasteiger partial charge is 0.508 e. The number of phenolic OH excluding ortho intramolecular Hbond substituents is 1. The summed E-state index contributed by atoms with van der Waals surface area (Å²) >= 11 is 0. The molecule has 2 aromatic carbocycles. The van der Waals surface area contributed by atoms with Gasteiger partial charge in [-0.3, -0.25) is 0 Å². The summed E-state index contributed by atoms with van der Waals surface area (Å²) in [7, 11) is 0. The quantitative estimate of drug-likeness (QED) is 0.718. The van der Waals surface area contributed by atoms with Crippen LogP contribution < -0.4 is 0 Å². The van der Waals surface area contributed by atoms with Crippen LogP contribution in [0.5, 0.6) is 5.75 Å². The SMILES string of the molecule is CC(C)(C)c1cccc2cc(CCCO)c(-c3cccc(O)c3)nc12. The summed E-state index contributed by atoms with van der Waals surface area (Å²) < 4.78 is 0. The first-order valence-corrected chi connectivity index (χ1v) is 8.73. The van der Waals surface area contributed by atoms with Gasteiger partial charge in [0, 0.05) is 17.6 Å². The average Bonchev–Trinajstić information content (AvgIpc) is 2.57. The zero-order valence-electron chi connectivity index (χ0n) is 15.1. The minimum absolute atomic E-state index is 0.00474. The zero-order chi connectivity index (χ0) is 18.0. The summed E-state index contributed by atoms with van der Waals surface area (Å²) in [5, 5.41) is 20.2. The van der Waals surface area contributed by atoms with Crippen LogP contribution in [-0.4, -0.2) is 21.8 Å². The Morgan fingerprint density at radius 1 is 1.00 bits per heavy atom. The Bertz CT molecular complexity index is 894. The summed E-state index contributed by atoms with van der Waals surface area (Å²) in [5.74, 6) is 0.233. The molecule has 3 rings (SSSR count). The third kappa shape index (κ3) is 3.67. The number of hydrogen-bond acceptors (Lipinski definition) is 3. The fourth-order valence-electron chi connectivity index (χ4n) is 3.21. The molecule has 0 saturated heterocycles. The molecule has 0 radical (unpaired) electrons. The molecule has 3 aromatic rings. The van der Waals surface area contributed by atoms with Crippen LogP contribution in [0, 0.1) is 0 Å². The molecule has 1 aromatic heterocycles. The number of hydrogen-bond donors (Lipinski definition) is 2. The van der Waals surface area contributed by atoms with Gasteiger partial charge in [0.1, 0.15) is 5.75 Å². The van der Waals surface area contributed by atoms with Crippen LogP contribution in [0.25, 0.3) is 22.2 Å². The Labute approximate surface area is 149 Å². The minimum atomic E-state index is -0.00474. The molecule has 3 nitrogen and oxygen atoms in total. The maximum Gasteiger partial charge on any atom is 0.116 e. The predicted octanol–water partition coefficient (Wildman–Crippen LogP) is 4.83. The highest BCUT2D eigenvalue weighted by Crippen LogP contribution is 2.33. The molecule has 0 unspecified atom stereocenters. The van der Waals surface area contributed by atoms with E-state index in [0.717, 1.165) is 34.1 Å². The first-order valence-electron chi connectivity index (χ1n) is 8.73. The molecule has 0 bridgehead atoms. The Morgan fingerprint density at radius 3 is 2.44 bits per heavy atom. The van der Waals surface area contributed by atoms with Crippen molar-refractivity contribution < 1.29 is 10.2 Å². The lowest BCUT2D eigenvalue weighted by Crippen LogP contribution is -2.12. The van der Waals surface area contributed by atoms with E-state index < -0.39 is 0 Å². The fourth-order valence-corrected chi connectivity index (χ4v) is 3.21. The first kappa shape index (κ1) is 17.4. The number of nitrogens with zero attached hydrogens (tertiary/aromatic N) is 1. The number of aliphatic hydroxyl groups excluding tert-OH is 1. The van der Waals surface area contributed by atoms with Gasteiger partial charge in [0.05, 0.1) is 11.2 Å². The number of fused-ring (bicyclic) bond motifs is 1. The third-order valence-corrected chi connectivity index (χ3v) is 4.46. The number of pyridine rings is 1. The van der Waals surface area contributed by atoms with Crippen LogP contribution in [-0.2, 0) is 11.8 Å². The van der Waals surface area contributed by atoms with E-state index in [1.165, 1.54) is 5.56 Å². The lowest BCUT2D eigenvalue weighted by atomic mass is 9.85. The van der Waals surface area contributed by atoms with Crippen LogP contribution in [0.2, 0.25) is 0 Å². The molecule has 0 aliphatic heterocycles. The standard InChI is InChI=1S/C22H25NO2/c1-22(2,3)19-11-5-8-16-13-15(9-6-12-24)20(23-21(16)19)17-7-4-10-18(25)14-17/h4-5,7-8,10-11,13-14,24-25H,6,9,12H2,1-3H3. The van der Waals surface area contributed by atoms with Gasteiger partial charge in [0.25, 0.3) is 0 Å². The number of para-hydroxylation sites is 1. The Kier molecular flexibility index (Phi) is 4.78. The van der Waals surface area contributed by atoms with Crippen LogP contribution in [0.4, 0.5) is 0 Å². The lowest BCUT2D eigenvalue weighted by molar-refractivity contribution is 0.288. The second-order valence-corrected chi connectivity index (χ2v) is 7.50. The molecule has 3 heteroatoms. The van der Waals surface area contributed by atoms with Crippen molar-refractivity contribution in [3.8, 4) is 17.0 Å². The molecule has 2 N–H and O–H groups in total. The molecular weight excluding hydrogens is 310 g/mol. The van der Waals surface area contributed by atoms with E-state index in [0.29, 0.717) is 6.42 Å². The summed E-state index contributed by atoms with van der Waals surface area (Å²) in [5.41, 5.74) is 5.08. The van der Waals surface area contributed by atoms with Crippen LogP contribution in [0.3, 0.4) is 0 Å². The van der Waals surface area contributed by atoms with Crippen LogP contribution in [0.1, 0.15) is 38.3 Å². The van der Waals surface area contributed by atoms with E-state index in [9.17, 15) is 10.2 Å². The molecule has 1 heterocycles. The Hall–Kier alpha value is -2.39. The van der Waals surface area contributed by atoms with Crippen molar-refractivity contribution in [1.82, 2.24) is 4.98 Å². The van der Waals surface area contributed by atoms with E-state index in [-0.39, 0.29) is 17.8 Å².